The summed E-state index contributed by atoms with van der Waals surface area (Å²) in [7, 11) is 0. The van der Waals surface area contributed by atoms with Gasteiger partial charge in [-0.2, -0.15) is 0 Å². The fourth-order valence-electron chi connectivity index (χ4n) is 4.59. The van der Waals surface area contributed by atoms with E-state index >= 15 is 0 Å². The van der Waals surface area contributed by atoms with E-state index in [2.05, 4.69) is 0 Å². The lowest BCUT2D eigenvalue weighted by Crippen LogP contribution is -2.30. The molecule has 0 spiro atoms. The third kappa shape index (κ3) is 3.25. The molecule has 4 aromatic rings. The smallest absolute Gasteiger partial charge is 0.261 e. The number of thiazole rings is 1. The molecule has 4 heterocycles. The van der Waals surface area contributed by atoms with Gasteiger partial charge in [-0.25, -0.2) is 4.98 Å². The number of imide groups is 1. The van der Waals surface area contributed by atoms with E-state index in [9.17, 15) is 14.4 Å². The standard InChI is InChI=1S/C25H19N3O4S/c29-23(27-11-3-7-20(27)22-26-19-6-1-2-8-21(19)33-22)15-9-10-17-18(13-15)25(31)28(24(17)30)14-16-5-4-12-32-16/h1-2,4-6,8-10,12-13,20H,3,7,11,14H2. The number of carbonyl (C=O) groups excluding carboxylic acids is 3. The summed E-state index contributed by atoms with van der Waals surface area (Å²) >= 11 is 1.61. The molecule has 2 aromatic carbocycles. The van der Waals surface area contributed by atoms with Crippen LogP contribution in [0, 0.1) is 0 Å². The number of hydrogen-bond acceptors (Lipinski definition) is 6. The van der Waals surface area contributed by atoms with Crippen LogP contribution < -0.4 is 0 Å². The van der Waals surface area contributed by atoms with Gasteiger partial charge in [-0.3, -0.25) is 19.3 Å². The van der Waals surface area contributed by atoms with Crippen molar-refractivity contribution >= 4 is 39.3 Å². The Morgan fingerprint density at radius 1 is 1.06 bits per heavy atom. The van der Waals surface area contributed by atoms with Crippen LogP contribution in [0.2, 0.25) is 0 Å². The molecule has 164 valence electrons. The summed E-state index contributed by atoms with van der Waals surface area (Å²) in [6, 6.07) is 16.1. The first kappa shape index (κ1) is 19.9. The van der Waals surface area contributed by atoms with Gasteiger partial charge >= 0.3 is 0 Å². The zero-order valence-corrected chi connectivity index (χ0v) is 18.4. The third-order valence-electron chi connectivity index (χ3n) is 6.22. The van der Waals surface area contributed by atoms with E-state index in [-0.39, 0.29) is 30.0 Å². The van der Waals surface area contributed by atoms with Crippen molar-refractivity contribution in [2.24, 2.45) is 0 Å². The lowest BCUT2D eigenvalue weighted by Gasteiger charge is -2.23. The largest absolute Gasteiger partial charge is 0.467 e. The van der Waals surface area contributed by atoms with Crippen LogP contribution in [0.1, 0.15) is 60.7 Å². The number of nitrogens with zero attached hydrogens (tertiary/aromatic N) is 3. The van der Waals surface area contributed by atoms with Crippen molar-refractivity contribution in [1.82, 2.24) is 14.8 Å². The quantitative estimate of drug-likeness (QED) is 0.416. The Morgan fingerprint density at radius 3 is 2.73 bits per heavy atom. The number of furan rings is 1. The second-order valence-corrected chi connectivity index (χ2v) is 9.27. The highest BCUT2D eigenvalue weighted by Crippen LogP contribution is 2.37. The molecule has 0 bridgehead atoms. The summed E-state index contributed by atoms with van der Waals surface area (Å²) in [6.45, 7) is 0.697. The van der Waals surface area contributed by atoms with Gasteiger partial charge < -0.3 is 9.32 Å². The maximum Gasteiger partial charge on any atom is 0.261 e. The van der Waals surface area contributed by atoms with Crippen LogP contribution in [-0.4, -0.2) is 39.1 Å². The molecule has 0 N–H and O–H groups in total. The molecule has 6 rings (SSSR count). The molecule has 0 saturated carbocycles. The summed E-state index contributed by atoms with van der Waals surface area (Å²) in [4.78, 5) is 46.9. The summed E-state index contributed by atoms with van der Waals surface area (Å²) in [5.74, 6) is -0.412. The van der Waals surface area contributed by atoms with Gasteiger partial charge in [0.25, 0.3) is 17.7 Å². The average Bonchev–Trinajstić information content (AvgIpc) is 3.62. The van der Waals surface area contributed by atoms with Crippen LogP contribution in [0.5, 0.6) is 0 Å². The summed E-state index contributed by atoms with van der Waals surface area (Å²) in [5.41, 5.74) is 1.92. The normalized spacial score (nSPS) is 17.9. The highest BCUT2D eigenvalue weighted by atomic mass is 32.1. The van der Waals surface area contributed by atoms with E-state index < -0.39 is 5.91 Å². The number of aromatic nitrogens is 1. The lowest BCUT2D eigenvalue weighted by molar-refractivity contribution is 0.0631. The first-order valence-electron chi connectivity index (χ1n) is 10.8. The van der Waals surface area contributed by atoms with Crippen LogP contribution >= 0.6 is 11.3 Å². The van der Waals surface area contributed by atoms with E-state index in [0.29, 0.717) is 23.4 Å². The zero-order valence-electron chi connectivity index (χ0n) is 17.6. The van der Waals surface area contributed by atoms with Gasteiger partial charge in [0.2, 0.25) is 0 Å². The van der Waals surface area contributed by atoms with E-state index in [0.717, 1.165) is 33.0 Å². The molecule has 2 aliphatic rings. The number of likely N-dealkylation sites (tertiary alicyclic amines) is 1. The van der Waals surface area contributed by atoms with Gasteiger partial charge in [0, 0.05) is 12.1 Å². The Morgan fingerprint density at radius 2 is 1.91 bits per heavy atom. The van der Waals surface area contributed by atoms with Gasteiger partial charge in [-0.05, 0) is 55.3 Å². The first-order valence-corrected chi connectivity index (χ1v) is 11.6. The minimum Gasteiger partial charge on any atom is -0.467 e. The minimum atomic E-state index is -0.412. The molecule has 0 aliphatic carbocycles. The van der Waals surface area contributed by atoms with Crippen LogP contribution in [0.25, 0.3) is 10.2 Å². The van der Waals surface area contributed by atoms with Crippen molar-refractivity contribution in [3.8, 4) is 0 Å². The second-order valence-electron chi connectivity index (χ2n) is 8.21. The fourth-order valence-corrected chi connectivity index (χ4v) is 5.71. The number of benzene rings is 2. The van der Waals surface area contributed by atoms with Crippen LogP contribution in [0.3, 0.4) is 0 Å². The van der Waals surface area contributed by atoms with Gasteiger partial charge in [-0.1, -0.05) is 12.1 Å². The fraction of sp³-hybridized carbons (Fsp3) is 0.200. The molecule has 1 fully saturated rings. The Bertz CT molecular complexity index is 1380. The monoisotopic (exact) mass is 457 g/mol. The number of para-hydroxylation sites is 1. The van der Waals surface area contributed by atoms with Gasteiger partial charge in [0.15, 0.2) is 0 Å². The summed E-state index contributed by atoms with van der Waals surface area (Å²) in [6.07, 6.45) is 3.25. The number of rotatable bonds is 4. The Kier molecular flexibility index (Phi) is 4.62. The predicted octanol–water partition coefficient (Wildman–Crippen LogP) is 4.66. The van der Waals surface area contributed by atoms with Gasteiger partial charge in [0.05, 0.1) is 40.2 Å². The zero-order chi connectivity index (χ0) is 22.5. The van der Waals surface area contributed by atoms with E-state index in [1.54, 1.807) is 41.7 Å². The van der Waals surface area contributed by atoms with E-state index in [1.165, 1.54) is 6.26 Å². The minimum absolute atomic E-state index is 0.0639. The molecule has 2 aliphatic heterocycles. The lowest BCUT2D eigenvalue weighted by atomic mass is 10.0. The van der Waals surface area contributed by atoms with Gasteiger partial charge in [-0.15, -0.1) is 11.3 Å². The average molecular weight is 458 g/mol. The van der Waals surface area contributed by atoms with Crippen LogP contribution in [0.4, 0.5) is 0 Å². The second kappa shape index (κ2) is 7.67. The van der Waals surface area contributed by atoms with Crippen molar-refractivity contribution in [3.05, 3.63) is 88.3 Å². The summed E-state index contributed by atoms with van der Waals surface area (Å²) < 4.78 is 6.39. The molecule has 1 atom stereocenters. The molecule has 3 amide bonds. The van der Waals surface area contributed by atoms with Crippen LogP contribution in [0.15, 0.2) is 65.3 Å². The van der Waals surface area contributed by atoms with Gasteiger partial charge in [0.1, 0.15) is 10.8 Å². The first-order chi connectivity index (χ1) is 16.1. The van der Waals surface area contributed by atoms with Crippen LogP contribution in [-0.2, 0) is 6.54 Å². The molecule has 1 unspecified atom stereocenters. The Balaban J connectivity index is 1.28. The molecule has 8 heteroatoms. The molecule has 33 heavy (non-hydrogen) atoms. The molecular formula is C25H19N3O4S. The molecule has 1 saturated heterocycles. The number of amides is 3. The number of hydrogen-bond donors (Lipinski definition) is 0. The summed E-state index contributed by atoms with van der Waals surface area (Å²) in [5, 5.41) is 0.930. The molecule has 7 nitrogen and oxygen atoms in total. The molecular weight excluding hydrogens is 438 g/mol. The van der Waals surface area contributed by atoms with E-state index in [4.69, 9.17) is 9.40 Å². The molecule has 0 radical (unpaired) electrons. The van der Waals surface area contributed by atoms with Crippen molar-refractivity contribution in [1.29, 1.82) is 0 Å². The highest BCUT2D eigenvalue weighted by molar-refractivity contribution is 7.18. The maximum absolute atomic E-state index is 13.4. The van der Waals surface area contributed by atoms with E-state index in [1.807, 2.05) is 29.2 Å². The predicted molar refractivity (Wildman–Crippen MR) is 122 cm³/mol. The SMILES string of the molecule is O=C1c2ccc(C(=O)N3CCCC3c3nc4ccccc4s3)cc2C(=O)N1Cc1ccco1. The van der Waals surface area contributed by atoms with Crippen molar-refractivity contribution < 1.29 is 18.8 Å². The van der Waals surface area contributed by atoms with Crippen molar-refractivity contribution in [3.63, 3.8) is 0 Å². The molecule has 2 aromatic heterocycles. The Hall–Kier alpha value is -3.78. The topological polar surface area (TPSA) is 83.7 Å². The maximum atomic E-state index is 13.4. The number of carbonyl (C=O) groups is 3. The van der Waals surface area contributed by atoms with Crippen molar-refractivity contribution in [2.75, 3.05) is 6.54 Å². The third-order valence-corrected chi connectivity index (χ3v) is 7.36. The highest BCUT2D eigenvalue weighted by Gasteiger charge is 2.38. The number of fused-ring (bicyclic) bond motifs is 2. The Labute approximate surface area is 193 Å². The van der Waals surface area contributed by atoms with Crippen molar-refractivity contribution in [2.45, 2.75) is 25.4 Å².